The van der Waals surface area contributed by atoms with Crippen molar-refractivity contribution in [1.29, 1.82) is 0 Å². The minimum atomic E-state index is -2.86. The molecule has 1 saturated carbocycles. The highest BCUT2D eigenvalue weighted by Crippen LogP contribution is 2.38. The number of hydrogen-bond donors (Lipinski definition) is 4. The lowest BCUT2D eigenvalue weighted by Gasteiger charge is -2.26. The molecule has 0 radical (unpaired) electrons. The molecule has 1 aliphatic carbocycles. The Hall–Kier alpha value is -3.33. The van der Waals surface area contributed by atoms with Crippen molar-refractivity contribution in [3.05, 3.63) is 54.4 Å². The first-order valence-electron chi connectivity index (χ1n) is 11.8. The Morgan fingerprint density at radius 2 is 2.06 bits per heavy atom. The van der Waals surface area contributed by atoms with E-state index in [4.69, 9.17) is 0 Å². The summed E-state index contributed by atoms with van der Waals surface area (Å²) < 4.78 is 28.8. The average Bonchev–Trinajstić information content (AvgIpc) is 3.14. The van der Waals surface area contributed by atoms with Gasteiger partial charge in [-0.25, -0.2) is 13.8 Å². The van der Waals surface area contributed by atoms with Gasteiger partial charge >= 0.3 is 0 Å². The van der Waals surface area contributed by atoms with Crippen LogP contribution in [0.3, 0.4) is 0 Å². The van der Waals surface area contributed by atoms with Gasteiger partial charge < -0.3 is 21.1 Å². The molecule has 7 nitrogen and oxygen atoms in total. The molecule has 1 amide bonds. The number of carbonyl (C=O) groups excluding carboxylic acids is 1. The SMILES string of the molecule is C[C@H](CNC(=O)c1cnc(Nc2ccc3ncccc3c2)cc1NC1CCCC1(F)F)C(C)(C)O. The van der Waals surface area contributed by atoms with Crippen LogP contribution < -0.4 is 16.0 Å². The van der Waals surface area contributed by atoms with E-state index in [9.17, 15) is 18.7 Å². The summed E-state index contributed by atoms with van der Waals surface area (Å²) in [4.78, 5) is 21.6. The van der Waals surface area contributed by atoms with Crippen LogP contribution in [0.4, 0.5) is 26.0 Å². The first kappa shape index (κ1) is 24.8. The molecule has 35 heavy (non-hydrogen) atoms. The van der Waals surface area contributed by atoms with Crippen LogP contribution >= 0.6 is 0 Å². The third-order valence-corrected chi connectivity index (χ3v) is 6.64. The summed E-state index contributed by atoms with van der Waals surface area (Å²) in [6.07, 6.45) is 3.64. The van der Waals surface area contributed by atoms with Gasteiger partial charge in [0, 0.05) is 48.4 Å². The number of hydrogen-bond acceptors (Lipinski definition) is 6. The molecule has 4 N–H and O–H groups in total. The lowest BCUT2D eigenvalue weighted by atomic mass is 9.93. The van der Waals surface area contributed by atoms with Crippen LogP contribution in [0, 0.1) is 5.92 Å². The highest BCUT2D eigenvalue weighted by Gasteiger charge is 2.44. The Kier molecular flexibility index (Phi) is 6.89. The number of anilines is 3. The molecule has 1 unspecified atom stereocenters. The average molecular weight is 484 g/mol. The third kappa shape index (κ3) is 5.85. The number of pyridine rings is 2. The lowest BCUT2D eigenvalue weighted by molar-refractivity contribution is -0.000650. The van der Waals surface area contributed by atoms with Crippen molar-refractivity contribution in [2.24, 2.45) is 5.92 Å². The minimum absolute atomic E-state index is 0.170. The molecule has 2 heterocycles. The molecule has 4 rings (SSSR count). The summed E-state index contributed by atoms with van der Waals surface area (Å²) in [5, 5.41) is 20.0. The van der Waals surface area contributed by atoms with E-state index in [1.165, 1.54) is 6.20 Å². The monoisotopic (exact) mass is 483 g/mol. The second kappa shape index (κ2) is 9.73. The molecule has 3 aromatic rings. The van der Waals surface area contributed by atoms with E-state index >= 15 is 0 Å². The molecule has 0 aliphatic heterocycles. The molecule has 0 spiro atoms. The summed E-state index contributed by atoms with van der Waals surface area (Å²) in [7, 11) is 0. The first-order chi connectivity index (χ1) is 16.5. The molecule has 9 heteroatoms. The number of nitrogens with one attached hydrogen (secondary N) is 3. The quantitative estimate of drug-likeness (QED) is 0.355. The van der Waals surface area contributed by atoms with Crippen LogP contribution in [0.15, 0.2) is 48.8 Å². The maximum absolute atomic E-state index is 14.4. The summed E-state index contributed by atoms with van der Waals surface area (Å²) in [6.45, 7) is 5.39. The fourth-order valence-corrected chi connectivity index (χ4v) is 4.01. The highest BCUT2D eigenvalue weighted by molar-refractivity contribution is 6.00. The van der Waals surface area contributed by atoms with Crippen molar-refractivity contribution in [3.63, 3.8) is 0 Å². The van der Waals surface area contributed by atoms with Gasteiger partial charge in [-0.1, -0.05) is 13.0 Å². The largest absolute Gasteiger partial charge is 0.390 e. The lowest BCUT2D eigenvalue weighted by Crippen LogP contribution is -2.39. The van der Waals surface area contributed by atoms with Gasteiger partial charge in [0.15, 0.2) is 0 Å². The van der Waals surface area contributed by atoms with Gasteiger partial charge in [0.05, 0.1) is 28.4 Å². The summed E-state index contributed by atoms with van der Waals surface area (Å²) in [5.74, 6) is -3.09. The van der Waals surface area contributed by atoms with Crippen LogP contribution in [0.1, 0.15) is 50.4 Å². The first-order valence-corrected chi connectivity index (χ1v) is 11.8. The number of aliphatic hydroxyl groups is 1. The van der Waals surface area contributed by atoms with E-state index in [0.717, 1.165) is 16.6 Å². The van der Waals surface area contributed by atoms with Crippen molar-refractivity contribution < 1.29 is 18.7 Å². The molecule has 1 aromatic carbocycles. The van der Waals surface area contributed by atoms with Gasteiger partial charge in [-0.2, -0.15) is 0 Å². The van der Waals surface area contributed by atoms with Crippen molar-refractivity contribution in [2.75, 3.05) is 17.2 Å². The Morgan fingerprint density at radius 1 is 1.26 bits per heavy atom. The summed E-state index contributed by atoms with van der Waals surface area (Å²) >= 11 is 0. The van der Waals surface area contributed by atoms with Crippen LogP contribution in [0.5, 0.6) is 0 Å². The molecule has 0 bridgehead atoms. The molecule has 1 fully saturated rings. The van der Waals surface area contributed by atoms with Crippen LogP contribution in [0.2, 0.25) is 0 Å². The number of alkyl halides is 2. The Morgan fingerprint density at radius 3 is 2.77 bits per heavy atom. The summed E-state index contributed by atoms with van der Waals surface area (Å²) in [5.41, 5.74) is 1.09. The smallest absolute Gasteiger partial charge is 0.267 e. The van der Waals surface area contributed by atoms with E-state index < -0.39 is 23.5 Å². The molecular formula is C26H31F2N5O2. The van der Waals surface area contributed by atoms with E-state index in [1.807, 2.05) is 37.3 Å². The maximum Gasteiger partial charge on any atom is 0.267 e. The number of rotatable bonds is 8. The Balaban J connectivity index is 1.59. The zero-order valence-corrected chi connectivity index (χ0v) is 20.1. The number of halogens is 2. The summed E-state index contributed by atoms with van der Waals surface area (Å²) in [6, 6.07) is 9.96. The van der Waals surface area contributed by atoms with Crippen molar-refractivity contribution >= 4 is 34.0 Å². The van der Waals surface area contributed by atoms with Crippen molar-refractivity contribution in [2.45, 2.75) is 57.6 Å². The number of fused-ring (bicyclic) bond motifs is 1. The minimum Gasteiger partial charge on any atom is -0.390 e. The fraction of sp³-hybridized carbons (Fsp3) is 0.423. The highest BCUT2D eigenvalue weighted by atomic mass is 19.3. The fourth-order valence-electron chi connectivity index (χ4n) is 4.01. The van der Waals surface area contributed by atoms with Crippen LogP contribution in [-0.2, 0) is 0 Å². The number of aromatic nitrogens is 2. The predicted molar refractivity (Wildman–Crippen MR) is 133 cm³/mol. The van der Waals surface area contributed by atoms with Crippen molar-refractivity contribution in [1.82, 2.24) is 15.3 Å². The van der Waals surface area contributed by atoms with Crippen LogP contribution in [-0.4, -0.2) is 45.1 Å². The zero-order chi connectivity index (χ0) is 25.2. The molecule has 186 valence electrons. The van der Waals surface area contributed by atoms with Gasteiger partial charge in [0.25, 0.3) is 11.8 Å². The Labute approximate surface area is 203 Å². The van der Waals surface area contributed by atoms with Crippen molar-refractivity contribution in [3.8, 4) is 0 Å². The van der Waals surface area contributed by atoms with Gasteiger partial charge in [-0.05, 0) is 51.0 Å². The van der Waals surface area contributed by atoms with Gasteiger partial charge in [-0.15, -0.1) is 0 Å². The standard InChI is InChI=1S/C26H31F2N5O2/c1-16(25(2,3)35)14-31-24(34)19-15-30-23(13-21(19)33-22-7-4-10-26(22,27)28)32-18-8-9-20-17(12-18)6-5-11-29-20/h5-6,8-9,11-13,15-16,22,35H,4,7,10,14H2,1-3H3,(H,31,34)(H2,30,32,33)/t16-,22?/m1/s1. The number of amides is 1. The molecular weight excluding hydrogens is 452 g/mol. The number of benzene rings is 1. The molecule has 2 atom stereocenters. The maximum atomic E-state index is 14.4. The van der Waals surface area contributed by atoms with Gasteiger partial charge in [0.2, 0.25) is 0 Å². The molecule has 1 aliphatic rings. The van der Waals surface area contributed by atoms with E-state index in [-0.39, 0.29) is 30.1 Å². The normalized spacial score (nSPS) is 18.3. The number of carbonyl (C=O) groups is 1. The van der Waals surface area contributed by atoms with Gasteiger partial charge in [0.1, 0.15) is 5.82 Å². The number of nitrogens with zero attached hydrogens (tertiary/aromatic N) is 2. The second-order valence-corrected chi connectivity index (χ2v) is 9.77. The predicted octanol–water partition coefficient (Wildman–Crippen LogP) is 5.11. The molecule has 2 aromatic heterocycles. The third-order valence-electron chi connectivity index (χ3n) is 6.64. The second-order valence-electron chi connectivity index (χ2n) is 9.77. The van der Waals surface area contributed by atoms with E-state index in [2.05, 4.69) is 25.9 Å². The van der Waals surface area contributed by atoms with E-state index in [0.29, 0.717) is 18.7 Å². The van der Waals surface area contributed by atoms with Gasteiger partial charge in [-0.3, -0.25) is 9.78 Å². The Bertz CT molecular complexity index is 1210. The molecule has 0 saturated heterocycles. The van der Waals surface area contributed by atoms with Crippen LogP contribution in [0.25, 0.3) is 10.9 Å². The topological polar surface area (TPSA) is 99.2 Å². The zero-order valence-electron chi connectivity index (χ0n) is 20.1. The van der Waals surface area contributed by atoms with E-state index in [1.54, 1.807) is 26.1 Å².